The molecule has 0 aliphatic carbocycles. The van der Waals surface area contributed by atoms with E-state index in [9.17, 15) is 9.59 Å². The summed E-state index contributed by atoms with van der Waals surface area (Å²) in [7, 11) is 0. The Morgan fingerprint density at radius 3 is 2.57 bits per heavy atom. The minimum atomic E-state index is -0.606. The first kappa shape index (κ1) is 8.74. The fourth-order valence-electron chi connectivity index (χ4n) is 1.50. The van der Waals surface area contributed by atoms with E-state index in [4.69, 9.17) is 0 Å². The molecule has 14 heavy (non-hydrogen) atoms. The second kappa shape index (κ2) is 3.14. The summed E-state index contributed by atoms with van der Waals surface area (Å²) >= 11 is 0. The number of nitrogens with one attached hydrogen (secondary N) is 2. The standard InChI is InChI=1S/C10H10N2O2/c1-2-6-4-3-5-7-8(6)12-10(14)9(13)11-7/h3-5H,2H2,1H3,(H,11,13)(H,12,14). The summed E-state index contributed by atoms with van der Waals surface area (Å²) in [4.78, 5) is 27.2. The van der Waals surface area contributed by atoms with E-state index in [-0.39, 0.29) is 0 Å². The number of H-pyrrole nitrogens is 2. The van der Waals surface area contributed by atoms with Gasteiger partial charge in [0.15, 0.2) is 0 Å². The van der Waals surface area contributed by atoms with E-state index >= 15 is 0 Å². The number of aromatic amines is 2. The van der Waals surface area contributed by atoms with Crippen molar-refractivity contribution in [1.29, 1.82) is 0 Å². The summed E-state index contributed by atoms with van der Waals surface area (Å²) in [5.74, 6) is 0. The summed E-state index contributed by atoms with van der Waals surface area (Å²) < 4.78 is 0. The fraction of sp³-hybridized carbons (Fsp3) is 0.200. The SMILES string of the molecule is CCc1cccc2[nH]c(=O)c(=O)[nH]c12. The van der Waals surface area contributed by atoms with Crippen LogP contribution in [-0.4, -0.2) is 9.97 Å². The van der Waals surface area contributed by atoms with Gasteiger partial charge in [0.2, 0.25) is 0 Å². The van der Waals surface area contributed by atoms with Crippen molar-refractivity contribution < 1.29 is 0 Å². The van der Waals surface area contributed by atoms with Gasteiger partial charge in [0.1, 0.15) is 0 Å². The van der Waals surface area contributed by atoms with Crippen molar-refractivity contribution in [2.24, 2.45) is 0 Å². The molecule has 72 valence electrons. The molecular formula is C10H10N2O2. The molecule has 0 aliphatic heterocycles. The van der Waals surface area contributed by atoms with Gasteiger partial charge in [0.05, 0.1) is 11.0 Å². The predicted octanol–water partition coefficient (Wildman–Crippen LogP) is 0.779. The average molecular weight is 190 g/mol. The monoisotopic (exact) mass is 190 g/mol. The topological polar surface area (TPSA) is 65.7 Å². The molecule has 4 heteroatoms. The molecule has 0 spiro atoms. The van der Waals surface area contributed by atoms with E-state index in [0.29, 0.717) is 5.52 Å². The Morgan fingerprint density at radius 1 is 1.14 bits per heavy atom. The number of aryl methyl sites for hydroxylation is 1. The fourth-order valence-corrected chi connectivity index (χ4v) is 1.50. The van der Waals surface area contributed by atoms with E-state index in [1.807, 2.05) is 19.1 Å². The normalized spacial score (nSPS) is 10.6. The maximum absolute atomic E-state index is 11.1. The predicted molar refractivity (Wildman–Crippen MR) is 54.6 cm³/mol. The smallest absolute Gasteiger partial charge is 0.314 e. The van der Waals surface area contributed by atoms with Gasteiger partial charge in [0.25, 0.3) is 0 Å². The molecule has 0 aliphatic rings. The third kappa shape index (κ3) is 1.25. The lowest BCUT2D eigenvalue weighted by Gasteiger charge is -2.01. The number of hydrogen-bond acceptors (Lipinski definition) is 2. The lowest BCUT2D eigenvalue weighted by atomic mass is 10.1. The molecule has 0 fully saturated rings. The molecule has 1 heterocycles. The molecule has 0 saturated heterocycles. The van der Waals surface area contributed by atoms with Crippen molar-refractivity contribution >= 4 is 11.0 Å². The van der Waals surface area contributed by atoms with Crippen LogP contribution in [0.3, 0.4) is 0 Å². The maximum atomic E-state index is 11.1. The molecule has 0 saturated carbocycles. The number of fused-ring (bicyclic) bond motifs is 1. The van der Waals surface area contributed by atoms with Crippen molar-refractivity contribution in [3.8, 4) is 0 Å². The Hall–Kier alpha value is -1.84. The molecule has 4 nitrogen and oxygen atoms in total. The second-order valence-corrected chi connectivity index (χ2v) is 3.10. The van der Waals surface area contributed by atoms with Crippen molar-refractivity contribution in [1.82, 2.24) is 9.97 Å². The lowest BCUT2D eigenvalue weighted by molar-refractivity contribution is 1.10. The third-order valence-corrected chi connectivity index (χ3v) is 2.22. The molecule has 2 rings (SSSR count). The van der Waals surface area contributed by atoms with E-state index < -0.39 is 11.1 Å². The number of hydrogen-bond donors (Lipinski definition) is 2. The van der Waals surface area contributed by atoms with E-state index in [0.717, 1.165) is 17.5 Å². The molecule has 1 aromatic heterocycles. The Morgan fingerprint density at radius 2 is 1.86 bits per heavy atom. The van der Waals surface area contributed by atoms with Gasteiger partial charge in [-0.1, -0.05) is 19.1 Å². The molecule has 1 aromatic carbocycles. The van der Waals surface area contributed by atoms with Gasteiger partial charge in [-0.3, -0.25) is 9.59 Å². The number of para-hydroxylation sites is 1. The van der Waals surface area contributed by atoms with Crippen LogP contribution in [0.15, 0.2) is 27.8 Å². The zero-order valence-corrected chi connectivity index (χ0v) is 7.76. The Kier molecular flexibility index (Phi) is 1.96. The molecule has 0 unspecified atom stereocenters. The molecule has 0 amide bonds. The summed E-state index contributed by atoms with van der Waals surface area (Å²) in [5.41, 5.74) is 1.22. The molecule has 2 aromatic rings. The van der Waals surface area contributed by atoms with Crippen LogP contribution >= 0.6 is 0 Å². The summed E-state index contributed by atoms with van der Waals surface area (Å²) in [5, 5.41) is 0. The minimum absolute atomic E-state index is 0.599. The van der Waals surface area contributed by atoms with Crippen LogP contribution < -0.4 is 11.1 Å². The van der Waals surface area contributed by atoms with Crippen LogP contribution in [0.4, 0.5) is 0 Å². The van der Waals surface area contributed by atoms with Crippen LogP contribution in [0.5, 0.6) is 0 Å². The van der Waals surface area contributed by atoms with Crippen LogP contribution in [-0.2, 0) is 6.42 Å². The molecule has 0 bridgehead atoms. The number of aromatic nitrogens is 2. The van der Waals surface area contributed by atoms with Gasteiger partial charge in [-0.05, 0) is 18.1 Å². The largest absolute Gasteiger partial charge is 0.316 e. The van der Waals surface area contributed by atoms with E-state index in [1.54, 1.807) is 6.07 Å². The van der Waals surface area contributed by atoms with Gasteiger partial charge < -0.3 is 9.97 Å². The summed E-state index contributed by atoms with van der Waals surface area (Å²) in [6.07, 6.45) is 0.819. The summed E-state index contributed by atoms with van der Waals surface area (Å²) in [6.45, 7) is 2.00. The Labute approximate surface area is 79.6 Å². The lowest BCUT2D eigenvalue weighted by Crippen LogP contribution is -2.29. The first-order chi connectivity index (χ1) is 6.72. The first-order valence-electron chi connectivity index (χ1n) is 4.46. The average Bonchev–Trinajstić information content (AvgIpc) is 2.19. The highest BCUT2D eigenvalue weighted by atomic mass is 16.2. The first-order valence-corrected chi connectivity index (χ1v) is 4.46. The highest BCUT2D eigenvalue weighted by molar-refractivity contribution is 5.77. The van der Waals surface area contributed by atoms with Gasteiger partial charge in [0, 0.05) is 0 Å². The van der Waals surface area contributed by atoms with Crippen LogP contribution in [0.1, 0.15) is 12.5 Å². The van der Waals surface area contributed by atoms with E-state index in [1.165, 1.54) is 0 Å². The summed E-state index contributed by atoms with van der Waals surface area (Å²) in [6, 6.07) is 5.55. The van der Waals surface area contributed by atoms with Crippen LogP contribution in [0, 0.1) is 0 Å². The maximum Gasteiger partial charge on any atom is 0.314 e. The highest BCUT2D eigenvalue weighted by Gasteiger charge is 2.01. The zero-order chi connectivity index (χ0) is 10.1. The van der Waals surface area contributed by atoms with Crippen molar-refractivity contribution in [3.05, 3.63) is 44.5 Å². The number of benzene rings is 1. The Balaban J connectivity index is 2.95. The van der Waals surface area contributed by atoms with E-state index in [2.05, 4.69) is 9.97 Å². The van der Waals surface area contributed by atoms with Gasteiger partial charge >= 0.3 is 11.1 Å². The highest BCUT2D eigenvalue weighted by Crippen LogP contribution is 2.11. The number of rotatable bonds is 1. The molecule has 0 radical (unpaired) electrons. The van der Waals surface area contributed by atoms with Crippen molar-refractivity contribution in [2.45, 2.75) is 13.3 Å². The Bertz CT molecular complexity index is 580. The second-order valence-electron chi connectivity index (χ2n) is 3.10. The van der Waals surface area contributed by atoms with Gasteiger partial charge in [-0.15, -0.1) is 0 Å². The van der Waals surface area contributed by atoms with Gasteiger partial charge in [-0.2, -0.15) is 0 Å². The molecule has 2 N–H and O–H groups in total. The zero-order valence-electron chi connectivity index (χ0n) is 7.76. The van der Waals surface area contributed by atoms with Crippen molar-refractivity contribution in [2.75, 3.05) is 0 Å². The van der Waals surface area contributed by atoms with Gasteiger partial charge in [-0.25, -0.2) is 0 Å². The van der Waals surface area contributed by atoms with Crippen LogP contribution in [0.2, 0.25) is 0 Å². The van der Waals surface area contributed by atoms with Crippen LogP contribution in [0.25, 0.3) is 11.0 Å². The quantitative estimate of drug-likeness (QED) is 0.652. The van der Waals surface area contributed by atoms with Crippen molar-refractivity contribution in [3.63, 3.8) is 0 Å². The minimum Gasteiger partial charge on any atom is -0.316 e. The molecular weight excluding hydrogens is 180 g/mol. The third-order valence-electron chi connectivity index (χ3n) is 2.22. The molecule has 0 atom stereocenters.